The number of benzene rings is 2. The fourth-order valence-electron chi connectivity index (χ4n) is 4.23. The van der Waals surface area contributed by atoms with E-state index in [0.29, 0.717) is 16.8 Å². The van der Waals surface area contributed by atoms with Crippen molar-refractivity contribution in [1.29, 1.82) is 0 Å². The van der Waals surface area contributed by atoms with Gasteiger partial charge in [0.05, 0.1) is 17.8 Å². The largest absolute Gasteiger partial charge is 0.508 e. The van der Waals surface area contributed by atoms with Gasteiger partial charge in [0.15, 0.2) is 5.82 Å². The summed E-state index contributed by atoms with van der Waals surface area (Å²) >= 11 is 0. The Balaban J connectivity index is 1.53. The SMILES string of the molecule is CC(C)c1cc(-c2nnc(O)n2-c2ccc(CN3CCN(CC(=O)O)CC3)cc2)c(O)cc1O. The summed E-state index contributed by atoms with van der Waals surface area (Å²) < 4.78 is 1.45. The molecule has 0 atom stereocenters. The van der Waals surface area contributed by atoms with E-state index in [1.807, 2.05) is 43.0 Å². The second-order valence-corrected chi connectivity index (χ2v) is 8.85. The van der Waals surface area contributed by atoms with Crippen LogP contribution in [0.5, 0.6) is 17.5 Å². The van der Waals surface area contributed by atoms with E-state index in [-0.39, 0.29) is 35.8 Å². The predicted molar refractivity (Wildman–Crippen MR) is 125 cm³/mol. The number of hydrogen-bond acceptors (Lipinski definition) is 8. The molecule has 0 aliphatic carbocycles. The van der Waals surface area contributed by atoms with Gasteiger partial charge in [0.2, 0.25) is 0 Å². The molecule has 4 rings (SSSR count). The minimum atomic E-state index is -0.804. The molecule has 1 fully saturated rings. The first-order chi connectivity index (χ1) is 16.2. The molecular formula is C24H29N5O5. The number of carboxylic acid groups (broad SMARTS) is 1. The van der Waals surface area contributed by atoms with Gasteiger partial charge >= 0.3 is 12.0 Å². The lowest BCUT2D eigenvalue weighted by molar-refractivity contribution is -0.138. The van der Waals surface area contributed by atoms with Gasteiger partial charge in [-0.25, -0.2) is 4.57 Å². The second kappa shape index (κ2) is 9.70. The molecule has 0 radical (unpaired) electrons. The van der Waals surface area contributed by atoms with Crippen LogP contribution in [0.3, 0.4) is 0 Å². The highest BCUT2D eigenvalue weighted by molar-refractivity contribution is 5.70. The molecular weight excluding hydrogens is 438 g/mol. The van der Waals surface area contributed by atoms with Gasteiger partial charge in [-0.15, -0.1) is 5.10 Å². The van der Waals surface area contributed by atoms with E-state index in [1.165, 1.54) is 10.6 Å². The summed E-state index contributed by atoms with van der Waals surface area (Å²) in [7, 11) is 0. The number of carbonyl (C=O) groups is 1. The molecule has 10 nitrogen and oxygen atoms in total. The molecule has 1 aliphatic rings. The summed E-state index contributed by atoms with van der Waals surface area (Å²) in [5.41, 5.74) is 2.73. The zero-order valence-corrected chi connectivity index (χ0v) is 19.2. The van der Waals surface area contributed by atoms with Gasteiger partial charge in [0.1, 0.15) is 11.5 Å². The van der Waals surface area contributed by atoms with Gasteiger partial charge in [-0.2, -0.15) is 0 Å². The Hall–Kier alpha value is -3.63. The van der Waals surface area contributed by atoms with E-state index in [9.17, 15) is 20.1 Å². The van der Waals surface area contributed by atoms with E-state index in [1.54, 1.807) is 6.07 Å². The van der Waals surface area contributed by atoms with Crippen LogP contribution in [0.25, 0.3) is 17.1 Å². The van der Waals surface area contributed by atoms with Crippen molar-refractivity contribution in [3.05, 3.63) is 47.5 Å². The molecule has 0 bridgehead atoms. The number of carboxylic acids is 1. The summed E-state index contributed by atoms with van der Waals surface area (Å²) in [4.78, 5) is 15.1. The molecule has 1 aromatic heterocycles. The van der Waals surface area contributed by atoms with Crippen LogP contribution in [0.15, 0.2) is 36.4 Å². The van der Waals surface area contributed by atoms with Gasteiger partial charge in [0, 0.05) is 38.8 Å². The molecule has 2 aromatic carbocycles. The molecule has 3 aromatic rings. The van der Waals surface area contributed by atoms with Gasteiger partial charge in [-0.1, -0.05) is 31.1 Å². The fourth-order valence-corrected chi connectivity index (χ4v) is 4.23. The van der Waals surface area contributed by atoms with Crippen LogP contribution in [0.1, 0.15) is 30.9 Å². The van der Waals surface area contributed by atoms with E-state index < -0.39 is 5.97 Å². The van der Waals surface area contributed by atoms with Crippen LogP contribution in [0.4, 0.5) is 0 Å². The average Bonchev–Trinajstić information content (AvgIpc) is 3.16. The van der Waals surface area contributed by atoms with Crippen molar-refractivity contribution in [1.82, 2.24) is 24.6 Å². The Kier molecular flexibility index (Phi) is 6.71. The normalized spacial score (nSPS) is 15.1. The van der Waals surface area contributed by atoms with Crippen molar-refractivity contribution >= 4 is 5.97 Å². The number of piperazine rings is 1. The topological polar surface area (TPSA) is 135 Å². The number of hydrogen-bond donors (Lipinski definition) is 4. The first kappa shape index (κ1) is 23.5. The Morgan fingerprint density at radius 3 is 2.21 bits per heavy atom. The summed E-state index contributed by atoms with van der Waals surface area (Å²) in [6.07, 6.45) is 0. The van der Waals surface area contributed by atoms with Crippen LogP contribution in [-0.2, 0) is 11.3 Å². The molecule has 0 unspecified atom stereocenters. The average molecular weight is 468 g/mol. The number of rotatable bonds is 7. The summed E-state index contributed by atoms with van der Waals surface area (Å²) in [5, 5.41) is 47.8. The van der Waals surface area contributed by atoms with E-state index in [4.69, 9.17) is 5.11 Å². The van der Waals surface area contributed by atoms with Crippen molar-refractivity contribution in [3.8, 4) is 34.6 Å². The smallest absolute Gasteiger partial charge is 0.319 e. The Labute approximate surface area is 197 Å². The summed E-state index contributed by atoms with van der Waals surface area (Å²) in [6, 6.07) is 10.2. The van der Waals surface area contributed by atoms with Crippen molar-refractivity contribution in [3.63, 3.8) is 0 Å². The highest BCUT2D eigenvalue weighted by Gasteiger charge is 2.22. The molecule has 2 heterocycles. The van der Waals surface area contributed by atoms with Crippen LogP contribution in [0.2, 0.25) is 0 Å². The van der Waals surface area contributed by atoms with E-state index in [2.05, 4.69) is 15.1 Å². The third-order valence-electron chi connectivity index (χ3n) is 6.08. The number of phenols is 2. The maximum atomic E-state index is 10.9. The first-order valence-corrected chi connectivity index (χ1v) is 11.2. The summed E-state index contributed by atoms with van der Waals surface area (Å²) in [6.45, 7) is 7.70. The zero-order chi connectivity index (χ0) is 24.4. The Morgan fingerprint density at radius 2 is 1.59 bits per heavy atom. The maximum absolute atomic E-state index is 10.9. The number of nitrogens with zero attached hydrogens (tertiary/aromatic N) is 5. The number of aromatic hydroxyl groups is 3. The second-order valence-electron chi connectivity index (χ2n) is 8.85. The predicted octanol–water partition coefficient (Wildman–Crippen LogP) is 2.38. The van der Waals surface area contributed by atoms with Crippen molar-refractivity contribution in [2.24, 2.45) is 0 Å². The molecule has 0 spiro atoms. The number of aromatic nitrogens is 3. The third-order valence-corrected chi connectivity index (χ3v) is 6.08. The molecule has 1 aliphatic heterocycles. The van der Waals surface area contributed by atoms with Crippen molar-refractivity contribution < 1.29 is 25.2 Å². The number of aliphatic carboxylic acids is 1. The first-order valence-electron chi connectivity index (χ1n) is 11.2. The minimum absolute atomic E-state index is 0.000293. The molecule has 180 valence electrons. The van der Waals surface area contributed by atoms with E-state index >= 15 is 0 Å². The summed E-state index contributed by atoms with van der Waals surface area (Å²) in [5.74, 6) is -0.676. The van der Waals surface area contributed by atoms with Crippen LogP contribution in [0, 0.1) is 0 Å². The van der Waals surface area contributed by atoms with E-state index in [0.717, 1.165) is 38.3 Å². The Morgan fingerprint density at radius 1 is 0.941 bits per heavy atom. The molecule has 0 amide bonds. The molecule has 0 saturated carbocycles. The lowest BCUT2D eigenvalue weighted by atomic mass is 9.98. The van der Waals surface area contributed by atoms with Crippen LogP contribution >= 0.6 is 0 Å². The lowest BCUT2D eigenvalue weighted by Crippen LogP contribution is -2.47. The monoisotopic (exact) mass is 467 g/mol. The van der Waals surface area contributed by atoms with Crippen molar-refractivity contribution in [2.45, 2.75) is 26.3 Å². The standard InChI is InChI=1S/C24H29N5O5/c1-15(2)18-11-19(21(31)12-20(18)30)23-25-26-24(34)29(23)17-5-3-16(4-6-17)13-27-7-9-28(10-8-27)14-22(32)33/h3-6,11-12,15,30-31H,7-10,13-14H2,1-2H3,(H,26,34)(H,32,33). The van der Waals surface area contributed by atoms with Gasteiger partial charge in [-0.3, -0.25) is 14.6 Å². The van der Waals surface area contributed by atoms with Gasteiger partial charge in [-0.05, 0) is 35.2 Å². The number of phenolic OH excluding ortho intramolecular Hbond substituents is 2. The highest BCUT2D eigenvalue weighted by atomic mass is 16.4. The van der Waals surface area contributed by atoms with Gasteiger partial charge < -0.3 is 20.4 Å². The minimum Gasteiger partial charge on any atom is -0.508 e. The maximum Gasteiger partial charge on any atom is 0.319 e. The van der Waals surface area contributed by atoms with Gasteiger partial charge in [0.25, 0.3) is 0 Å². The van der Waals surface area contributed by atoms with Crippen LogP contribution in [-0.4, -0.2) is 83.7 Å². The molecule has 34 heavy (non-hydrogen) atoms. The molecule has 1 saturated heterocycles. The lowest BCUT2D eigenvalue weighted by Gasteiger charge is -2.33. The highest BCUT2D eigenvalue weighted by Crippen LogP contribution is 2.38. The van der Waals surface area contributed by atoms with Crippen molar-refractivity contribution in [2.75, 3.05) is 32.7 Å². The van der Waals surface area contributed by atoms with Crippen LogP contribution < -0.4 is 0 Å². The third kappa shape index (κ3) is 4.97. The molecule has 4 N–H and O–H groups in total. The Bertz CT molecular complexity index is 1170. The molecule has 10 heteroatoms. The quantitative estimate of drug-likeness (QED) is 0.413. The zero-order valence-electron chi connectivity index (χ0n) is 19.2. The fraction of sp³-hybridized carbons (Fsp3) is 0.375.